The van der Waals surface area contributed by atoms with Crippen molar-refractivity contribution in [3.63, 3.8) is 0 Å². The Hall–Kier alpha value is -1.83. The molecule has 1 heterocycles. The highest BCUT2D eigenvalue weighted by atomic mass is 16.8. The van der Waals surface area contributed by atoms with E-state index in [0.29, 0.717) is 19.3 Å². The number of allylic oxidation sites excluding steroid dienone is 4. The van der Waals surface area contributed by atoms with E-state index in [0.717, 1.165) is 18.4 Å². The minimum Gasteiger partial charge on any atom is -0.458 e. The smallest absolute Gasteiger partial charge is 0.306 e. The molecule has 5 rings (SSSR count). The van der Waals surface area contributed by atoms with Gasteiger partial charge in [0.2, 0.25) is 5.78 Å². The Morgan fingerprint density at radius 2 is 1.97 bits per heavy atom. The van der Waals surface area contributed by atoms with E-state index in [2.05, 4.69) is 13.8 Å². The van der Waals surface area contributed by atoms with Crippen molar-refractivity contribution in [3.8, 4) is 0 Å². The number of esters is 1. The number of ether oxygens (including phenoxy) is 3. The number of rotatable bonds is 5. The van der Waals surface area contributed by atoms with Crippen LogP contribution in [-0.2, 0) is 28.6 Å². The predicted molar refractivity (Wildman–Crippen MR) is 127 cm³/mol. The van der Waals surface area contributed by atoms with Gasteiger partial charge in [0.1, 0.15) is 0 Å². The van der Waals surface area contributed by atoms with Crippen molar-refractivity contribution in [2.75, 3.05) is 6.61 Å². The van der Waals surface area contributed by atoms with Crippen molar-refractivity contribution in [1.82, 2.24) is 0 Å². The molecule has 192 valence electrons. The van der Waals surface area contributed by atoms with E-state index < -0.39 is 35.0 Å². The molecule has 0 amide bonds. The molecule has 4 aliphatic carbocycles. The van der Waals surface area contributed by atoms with Gasteiger partial charge < -0.3 is 19.3 Å². The summed E-state index contributed by atoms with van der Waals surface area (Å²) in [4.78, 5) is 38.0. The zero-order chi connectivity index (χ0) is 25.4. The summed E-state index contributed by atoms with van der Waals surface area (Å²) in [6.07, 6.45) is 7.79. The highest BCUT2D eigenvalue weighted by molar-refractivity contribution is 6.01. The molecule has 4 fully saturated rings. The van der Waals surface area contributed by atoms with E-state index in [1.807, 2.05) is 26.8 Å². The third kappa shape index (κ3) is 3.45. The summed E-state index contributed by atoms with van der Waals surface area (Å²) >= 11 is 0. The largest absolute Gasteiger partial charge is 0.458 e. The molecule has 0 radical (unpaired) electrons. The molecule has 0 bridgehead atoms. The van der Waals surface area contributed by atoms with Gasteiger partial charge in [-0.15, -0.1) is 0 Å². The molecule has 1 saturated heterocycles. The second-order valence-electron chi connectivity index (χ2n) is 12.1. The fraction of sp³-hybridized carbons (Fsp3) is 0.750. The van der Waals surface area contributed by atoms with Crippen LogP contribution in [0.5, 0.6) is 0 Å². The van der Waals surface area contributed by atoms with Gasteiger partial charge in [0.25, 0.3) is 0 Å². The first kappa shape index (κ1) is 24.8. The van der Waals surface area contributed by atoms with Crippen LogP contribution in [0.15, 0.2) is 23.8 Å². The van der Waals surface area contributed by atoms with Crippen LogP contribution in [0.2, 0.25) is 0 Å². The molecule has 1 N–H and O–H groups in total. The second-order valence-corrected chi connectivity index (χ2v) is 12.1. The normalized spacial score (nSPS) is 45.1. The van der Waals surface area contributed by atoms with Gasteiger partial charge in [-0.1, -0.05) is 32.4 Å². The minimum atomic E-state index is -1.28. The number of carbonyl (C=O) groups excluding carboxylic acids is 3. The lowest BCUT2D eigenvalue weighted by atomic mass is 9.46. The second kappa shape index (κ2) is 8.09. The van der Waals surface area contributed by atoms with Crippen LogP contribution in [0.25, 0.3) is 0 Å². The van der Waals surface area contributed by atoms with Crippen LogP contribution in [-0.4, -0.2) is 52.8 Å². The summed E-state index contributed by atoms with van der Waals surface area (Å²) in [6.45, 7) is 9.35. The van der Waals surface area contributed by atoms with Gasteiger partial charge in [0.15, 0.2) is 23.8 Å². The number of hydrogen-bond acceptors (Lipinski definition) is 7. The van der Waals surface area contributed by atoms with Gasteiger partial charge in [0, 0.05) is 23.2 Å². The molecule has 0 spiro atoms. The van der Waals surface area contributed by atoms with Crippen molar-refractivity contribution < 1.29 is 33.7 Å². The van der Waals surface area contributed by atoms with Crippen LogP contribution in [0.1, 0.15) is 73.1 Å². The Morgan fingerprint density at radius 3 is 2.69 bits per heavy atom. The topological polar surface area (TPSA) is 99.1 Å². The van der Waals surface area contributed by atoms with E-state index in [4.69, 9.17) is 14.2 Å². The van der Waals surface area contributed by atoms with Crippen LogP contribution in [0.4, 0.5) is 0 Å². The Bertz CT molecular complexity index is 1010. The van der Waals surface area contributed by atoms with E-state index in [9.17, 15) is 19.5 Å². The molecule has 35 heavy (non-hydrogen) atoms. The first-order chi connectivity index (χ1) is 16.4. The molecular weight excluding hydrogens is 448 g/mol. The predicted octanol–water partition coefficient (Wildman–Crippen LogP) is 3.68. The zero-order valence-corrected chi connectivity index (χ0v) is 21.5. The molecule has 5 aliphatic rings. The molecule has 0 aromatic carbocycles. The zero-order valence-electron chi connectivity index (χ0n) is 21.5. The van der Waals surface area contributed by atoms with Gasteiger partial charge in [-0.2, -0.15) is 0 Å². The quantitative estimate of drug-likeness (QED) is 0.592. The van der Waals surface area contributed by atoms with Crippen molar-refractivity contribution in [3.05, 3.63) is 23.8 Å². The SMILES string of the molecule is CCCC(=O)OCC(=O)[C@@]12OC(C)(C)OC1C[C@H]1[C@@H]3CCC4=CC(=O)C=C[C@]4(C)[C@H]3[C@@H](O)C[C@@]12C. The average molecular weight is 487 g/mol. The fourth-order valence-electron chi connectivity index (χ4n) is 8.45. The number of Topliss-reactive ketones (excluding diaryl/α,β-unsaturated/α-hetero) is 1. The van der Waals surface area contributed by atoms with Crippen LogP contribution in [0.3, 0.4) is 0 Å². The molecule has 7 heteroatoms. The summed E-state index contributed by atoms with van der Waals surface area (Å²) in [5, 5.41) is 11.7. The monoisotopic (exact) mass is 486 g/mol. The van der Waals surface area contributed by atoms with Crippen molar-refractivity contribution in [2.24, 2.45) is 28.6 Å². The summed E-state index contributed by atoms with van der Waals surface area (Å²) < 4.78 is 18.2. The van der Waals surface area contributed by atoms with Gasteiger partial charge in [-0.25, -0.2) is 0 Å². The summed E-state index contributed by atoms with van der Waals surface area (Å²) in [5.74, 6) is -1.43. The first-order valence-electron chi connectivity index (χ1n) is 13.1. The van der Waals surface area contributed by atoms with E-state index in [1.165, 1.54) is 0 Å². The fourth-order valence-corrected chi connectivity index (χ4v) is 8.45. The lowest BCUT2D eigenvalue weighted by molar-refractivity contribution is -0.225. The Kier molecular flexibility index (Phi) is 5.74. The molecular formula is C28H38O7. The maximum Gasteiger partial charge on any atom is 0.306 e. The minimum absolute atomic E-state index is 0.00709. The van der Waals surface area contributed by atoms with Crippen LogP contribution in [0, 0.1) is 28.6 Å². The highest BCUT2D eigenvalue weighted by Crippen LogP contribution is 2.70. The summed E-state index contributed by atoms with van der Waals surface area (Å²) in [6, 6.07) is 0. The summed E-state index contributed by atoms with van der Waals surface area (Å²) in [5.41, 5.74) is -1.25. The Labute approximate surface area is 207 Å². The maximum atomic E-state index is 13.9. The van der Waals surface area contributed by atoms with E-state index >= 15 is 0 Å². The van der Waals surface area contributed by atoms with Crippen LogP contribution < -0.4 is 0 Å². The van der Waals surface area contributed by atoms with Gasteiger partial charge in [0.05, 0.1) is 12.2 Å². The van der Waals surface area contributed by atoms with E-state index in [-0.39, 0.29) is 47.8 Å². The number of hydrogen-bond donors (Lipinski definition) is 1. The molecule has 0 aromatic heterocycles. The lowest BCUT2D eigenvalue weighted by Crippen LogP contribution is -2.64. The number of aliphatic hydroxyl groups is 1. The lowest BCUT2D eigenvalue weighted by Gasteiger charge is -2.59. The van der Waals surface area contributed by atoms with Gasteiger partial charge in [-0.05, 0) is 69.9 Å². The number of fused-ring (bicyclic) bond motifs is 7. The van der Waals surface area contributed by atoms with Crippen LogP contribution >= 0.6 is 0 Å². The Morgan fingerprint density at radius 1 is 1.23 bits per heavy atom. The molecule has 1 aliphatic heterocycles. The molecule has 1 unspecified atom stereocenters. The van der Waals surface area contributed by atoms with Crippen molar-refractivity contribution in [1.29, 1.82) is 0 Å². The van der Waals surface area contributed by atoms with Crippen molar-refractivity contribution >= 4 is 17.5 Å². The molecule has 7 nitrogen and oxygen atoms in total. The maximum absolute atomic E-state index is 13.9. The summed E-state index contributed by atoms with van der Waals surface area (Å²) in [7, 11) is 0. The Balaban J connectivity index is 1.51. The van der Waals surface area contributed by atoms with Gasteiger partial charge in [-0.3, -0.25) is 14.4 Å². The average Bonchev–Trinajstić information content (AvgIpc) is 3.18. The molecule has 8 atom stereocenters. The third-order valence-corrected chi connectivity index (χ3v) is 9.72. The number of carbonyl (C=O) groups is 3. The molecule has 3 saturated carbocycles. The first-order valence-corrected chi connectivity index (χ1v) is 13.1. The third-order valence-electron chi connectivity index (χ3n) is 9.72. The number of ketones is 2. The van der Waals surface area contributed by atoms with Gasteiger partial charge >= 0.3 is 5.97 Å². The standard InChI is InChI=1S/C28H38O7/c1-6-7-23(32)33-15-21(31)28-22(34-25(2,3)35-28)13-19-18-9-8-16-12-17(29)10-11-26(16,4)24(18)20(30)14-27(19,28)5/h10-12,18-20,22,24,30H,6-9,13-15H2,1-5H3/t18-,19-,20-,22?,24+,26-,27-,28+/m0/s1. The number of aliphatic hydroxyl groups excluding tert-OH is 1. The highest BCUT2D eigenvalue weighted by Gasteiger charge is 2.76. The van der Waals surface area contributed by atoms with Crippen molar-refractivity contribution in [2.45, 2.75) is 96.7 Å². The van der Waals surface area contributed by atoms with E-state index in [1.54, 1.807) is 12.2 Å². The molecule has 0 aromatic rings.